The van der Waals surface area contributed by atoms with Crippen molar-refractivity contribution in [2.75, 3.05) is 17.2 Å². The summed E-state index contributed by atoms with van der Waals surface area (Å²) in [4.78, 5) is 24.6. The van der Waals surface area contributed by atoms with E-state index in [1.807, 2.05) is 6.07 Å². The van der Waals surface area contributed by atoms with Crippen LogP contribution in [0, 0.1) is 11.3 Å². The Morgan fingerprint density at radius 3 is 2.16 bits per heavy atom. The molecule has 0 bridgehead atoms. The maximum Gasteiger partial charge on any atom is 0.266 e. The quantitative estimate of drug-likeness (QED) is 0.353. The first-order chi connectivity index (χ1) is 15.5. The second-order valence-electron chi connectivity index (χ2n) is 6.49. The number of hydrogen-bond donors (Lipinski definition) is 2. The Morgan fingerprint density at radius 2 is 1.53 bits per heavy atom. The summed E-state index contributed by atoms with van der Waals surface area (Å²) >= 11 is 12.1. The zero-order valence-electron chi connectivity index (χ0n) is 16.6. The molecule has 0 atom stereocenters. The highest BCUT2D eigenvalue weighted by Crippen LogP contribution is 2.22. The van der Waals surface area contributed by atoms with E-state index in [9.17, 15) is 14.9 Å². The number of nitriles is 1. The molecule has 6 nitrogen and oxygen atoms in total. The molecular weight excluding hydrogens is 449 g/mol. The van der Waals surface area contributed by atoms with E-state index in [2.05, 4.69) is 10.6 Å². The van der Waals surface area contributed by atoms with E-state index < -0.39 is 5.91 Å². The molecule has 0 radical (unpaired) electrons. The Morgan fingerprint density at radius 1 is 0.906 bits per heavy atom. The van der Waals surface area contributed by atoms with Crippen LogP contribution >= 0.6 is 23.2 Å². The summed E-state index contributed by atoms with van der Waals surface area (Å²) in [6.07, 6.45) is 1.42. The molecule has 0 unspecified atom stereocenters. The van der Waals surface area contributed by atoms with E-state index in [1.54, 1.807) is 72.8 Å². The SMILES string of the molecule is N#C/C(=C\c1cccc(OCC(=O)Nc2ccccc2Cl)c1)C(=O)Nc1ccccc1Cl. The lowest BCUT2D eigenvalue weighted by molar-refractivity contribution is -0.118. The molecule has 8 heteroatoms. The van der Waals surface area contributed by atoms with Crippen molar-refractivity contribution in [3.63, 3.8) is 0 Å². The van der Waals surface area contributed by atoms with Crippen LogP contribution in [0.1, 0.15) is 5.56 Å². The van der Waals surface area contributed by atoms with Crippen molar-refractivity contribution in [2.24, 2.45) is 0 Å². The smallest absolute Gasteiger partial charge is 0.266 e. The van der Waals surface area contributed by atoms with Gasteiger partial charge in [0.25, 0.3) is 11.8 Å². The first-order valence-corrected chi connectivity index (χ1v) is 10.2. The van der Waals surface area contributed by atoms with Gasteiger partial charge < -0.3 is 15.4 Å². The van der Waals surface area contributed by atoms with Crippen LogP contribution in [0.15, 0.2) is 78.4 Å². The van der Waals surface area contributed by atoms with Gasteiger partial charge in [-0.1, -0.05) is 59.6 Å². The number of amides is 2. The third kappa shape index (κ3) is 6.35. The fraction of sp³-hybridized carbons (Fsp3) is 0.0417. The van der Waals surface area contributed by atoms with Gasteiger partial charge in [-0.3, -0.25) is 9.59 Å². The molecular formula is C24H17Cl2N3O3. The molecule has 32 heavy (non-hydrogen) atoms. The number of hydrogen-bond acceptors (Lipinski definition) is 4. The predicted octanol–water partition coefficient (Wildman–Crippen LogP) is 5.56. The molecule has 0 aliphatic heterocycles. The lowest BCUT2D eigenvalue weighted by atomic mass is 10.1. The summed E-state index contributed by atoms with van der Waals surface area (Å²) in [5.74, 6) is -0.571. The van der Waals surface area contributed by atoms with Gasteiger partial charge in [-0.05, 0) is 48.0 Å². The topological polar surface area (TPSA) is 91.2 Å². The molecule has 160 valence electrons. The molecule has 0 spiro atoms. The van der Waals surface area contributed by atoms with E-state index in [4.69, 9.17) is 27.9 Å². The number of para-hydroxylation sites is 2. The zero-order valence-corrected chi connectivity index (χ0v) is 18.2. The highest BCUT2D eigenvalue weighted by Gasteiger charge is 2.12. The van der Waals surface area contributed by atoms with Gasteiger partial charge in [-0.15, -0.1) is 0 Å². The number of ether oxygens (including phenoxy) is 1. The second kappa shape index (κ2) is 11.0. The van der Waals surface area contributed by atoms with Crippen LogP contribution in [0.3, 0.4) is 0 Å². The molecule has 3 rings (SSSR count). The van der Waals surface area contributed by atoms with E-state index in [-0.39, 0.29) is 18.1 Å². The summed E-state index contributed by atoms with van der Waals surface area (Å²) in [7, 11) is 0. The first-order valence-electron chi connectivity index (χ1n) is 9.41. The Bertz CT molecular complexity index is 1220. The fourth-order valence-electron chi connectivity index (χ4n) is 2.66. The number of benzene rings is 3. The molecule has 0 heterocycles. The third-order valence-electron chi connectivity index (χ3n) is 4.17. The number of rotatable bonds is 7. The van der Waals surface area contributed by atoms with Crippen molar-refractivity contribution in [2.45, 2.75) is 0 Å². The molecule has 0 aliphatic carbocycles. The Balaban J connectivity index is 1.65. The average Bonchev–Trinajstić information content (AvgIpc) is 2.79. The van der Waals surface area contributed by atoms with Crippen molar-refractivity contribution >= 4 is 52.5 Å². The van der Waals surface area contributed by atoms with Crippen molar-refractivity contribution in [3.8, 4) is 11.8 Å². The van der Waals surface area contributed by atoms with Gasteiger partial charge in [0.05, 0.1) is 21.4 Å². The molecule has 3 aromatic rings. The third-order valence-corrected chi connectivity index (χ3v) is 4.83. The monoisotopic (exact) mass is 465 g/mol. The van der Waals surface area contributed by atoms with Gasteiger partial charge in [0.1, 0.15) is 17.4 Å². The molecule has 0 saturated carbocycles. The Hall–Kier alpha value is -3.79. The van der Waals surface area contributed by atoms with Gasteiger partial charge in [0, 0.05) is 0 Å². The number of nitrogens with one attached hydrogen (secondary N) is 2. The van der Waals surface area contributed by atoms with Crippen LogP contribution in [0.2, 0.25) is 10.0 Å². The number of anilines is 2. The van der Waals surface area contributed by atoms with Gasteiger partial charge in [0.15, 0.2) is 6.61 Å². The van der Waals surface area contributed by atoms with E-state index in [0.29, 0.717) is 32.7 Å². The zero-order chi connectivity index (χ0) is 22.9. The van der Waals surface area contributed by atoms with Crippen molar-refractivity contribution in [1.82, 2.24) is 0 Å². The largest absolute Gasteiger partial charge is 0.484 e. The molecule has 3 aromatic carbocycles. The Kier molecular flexibility index (Phi) is 7.87. The summed E-state index contributed by atoms with van der Waals surface area (Å²) in [6.45, 7) is -0.240. The van der Waals surface area contributed by atoms with Crippen LogP contribution in [-0.4, -0.2) is 18.4 Å². The van der Waals surface area contributed by atoms with E-state index in [1.165, 1.54) is 6.08 Å². The van der Waals surface area contributed by atoms with E-state index in [0.717, 1.165) is 0 Å². The number of carbonyl (C=O) groups excluding carboxylic acids is 2. The minimum atomic E-state index is -0.592. The van der Waals surface area contributed by atoms with Gasteiger partial charge >= 0.3 is 0 Å². The maximum atomic E-state index is 12.4. The van der Waals surface area contributed by atoms with Crippen LogP contribution in [0.4, 0.5) is 11.4 Å². The van der Waals surface area contributed by atoms with E-state index >= 15 is 0 Å². The second-order valence-corrected chi connectivity index (χ2v) is 7.31. The minimum absolute atomic E-state index is 0.112. The summed E-state index contributed by atoms with van der Waals surface area (Å²) < 4.78 is 5.52. The standard InChI is InChI=1S/C24H17Cl2N3O3/c25-19-8-1-3-10-21(19)28-23(30)15-32-18-7-5-6-16(13-18)12-17(14-27)24(31)29-22-11-4-2-9-20(22)26/h1-13H,15H2,(H,28,30)(H,29,31)/b17-12+. The van der Waals surface area contributed by atoms with Crippen LogP contribution in [0.25, 0.3) is 6.08 Å². The molecule has 0 saturated heterocycles. The Labute approximate surface area is 195 Å². The molecule has 2 amide bonds. The maximum absolute atomic E-state index is 12.4. The van der Waals surface area contributed by atoms with Gasteiger partial charge in [-0.25, -0.2) is 0 Å². The summed E-state index contributed by atoms with van der Waals surface area (Å²) in [5.41, 5.74) is 1.34. The van der Waals surface area contributed by atoms with Crippen LogP contribution < -0.4 is 15.4 Å². The van der Waals surface area contributed by atoms with Crippen LogP contribution in [0.5, 0.6) is 5.75 Å². The summed E-state index contributed by atoms with van der Waals surface area (Å²) in [6, 6.07) is 22.2. The highest BCUT2D eigenvalue weighted by molar-refractivity contribution is 6.34. The number of nitrogens with zero attached hydrogens (tertiary/aromatic N) is 1. The van der Waals surface area contributed by atoms with Gasteiger partial charge in [-0.2, -0.15) is 5.26 Å². The molecule has 0 aromatic heterocycles. The molecule has 0 fully saturated rings. The fourth-order valence-corrected chi connectivity index (χ4v) is 3.03. The summed E-state index contributed by atoms with van der Waals surface area (Å²) in [5, 5.41) is 15.5. The van der Waals surface area contributed by atoms with Gasteiger partial charge in [0.2, 0.25) is 0 Å². The lowest BCUT2D eigenvalue weighted by Gasteiger charge is -2.09. The molecule has 2 N–H and O–H groups in total. The van der Waals surface area contributed by atoms with Crippen LogP contribution in [-0.2, 0) is 9.59 Å². The molecule has 0 aliphatic rings. The number of halogens is 2. The average molecular weight is 466 g/mol. The highest BCUT2D eigenvalue weighted by atomic mass is 35.5. The van der Waals surface area contributed by atoms with Crippen molar-refractivity contribution in [3.05, 3.63) is 94.0 Å². The predicted molar refractivity (Wildman–Crippen MR) is 126 cm³/mol. The van der Waals surface area contributed by atoms with Crippen molar-refractivity contribution < 1.29 is 14.3 Å². The number of carbonyl (C=O) groups is 2. The first kappa shape index (κ1) is 22.9. The van der Waals surface area contributed by atoms with Crippen molar-refractivity contribution in [1.29, 1.82) is 5.26 Å². The lowest BCUT2D eigenvalue weighted by Crippen LogP contribution is -2.20. The minimum Gasteiger partial charge on any atom is -0.484 e. The normalized spacial score (nSPS) is 10.7.